The van der Waals surface area contributed by atoms with Crippen LogP contribution in [0.2, 0.25) is 0 Å². The number of rotatable bonds is 6. The zero-order valence-corrected chi connectivity index (χ0v) is 13.4. The highest BCUT2D eigenvalue weighted by Crippen LogP contribution is 2.25. The highest BCUT2D eigenvalue weighted by Gasteiger charge is 2.41. The number of benzene rings is 1. The Hall–Kier alpha value is -2.65. The Bertz CT molecular complexity index is 690. The van der Waals surface area contributed by atoms with E-state index in [1.807, 2.05) is 0 Å². The van der Waals surface area contributed by atoms with Crippen molar-refractivity contribution in [2.75, 3.05) is 13.1 Å². The van der Waals surface area contributed by atoms with Gasteiger partial charge >= 0.3 is 12.1 Å². The van der Waals surface area contributed by atoms with Crippen LogP contribution in [0.5, 0.6) is 0 Å². The van der Waals surface area contributed by atoms with Crippen molar-refractivity contribution < 1.29 is 37.1 Å². The van der Waals surface area contributed by atoms with Crippen molar-refractivity contribution in [3.8, 4) is 0 Å². The van der Waals surface area contributed by atoms with Crippen molar-refractivity contribution in [3.05, 3.63) is 35.6 Å². The van der Waals surface area contributed by atoms with Crippen molar-refractivity contribution in [3.63, 3.8) is 0 Å². The highest BCUT2D eigenvalue weighted by atomic mass is 19.4. The Morgan fingerprint density at radius 2 is 1.88 bits per heavy atom. The van der Waals surface area contributed by atoms with E-state index in [-0.39, 0.29) is 6.42 Å². The first kappa shape index (κ1) is 19.7. The summed E-state index contributed by atoms with van der Waals surface area (Å²) in [6, 6.07) is 3.81. The maximum atomic E-state index is 13.0. The van der Waals surface area contributed by atoms with Gasteiger partial charge in [0.2, 0.25) is 11.8 Å². The van der Waals surface area contributed by atoms with Gasteiger partial charge in [0, 0.05) is 13.0 Å². The molecular weight excluding hydrogens is 360 g/mol. The van der Waals surface area contributed by atoms with Gasteiger partial charge in [-0.25, -0.2) is 4.39 Å². The van der Waals surface area contributed by atoms with Gasteiger partial charge in [0.25, 0.3) is 0 Å². The van der Waals surface area contributed by atoms with Gasteiger partial charge in [0.15, 0.2) is 0 Å². The maximum Gasteiger partial charge on any atom is 0.406 e. The van der Waals surface area contributed by atoms with Crippen molar-refractivity contribution in [1.29, 1.82) is 0 Å². The summed E-state index contributed by atoms with van der Waals surface area (Å²) in [5, 5.41) is 11.4. The van der Waals surface area contributed by atoms with Crippen molar-refractivity contribution in [1.82, 2.24) is 10.2 Å². The summed E-state index contributed by atoms with van der Waals surface area (Å²) in [5.41, 5.74) is 0.332. The number of nitrogens with one attached hydrogen (secondary N) is 1. The summed E-state index contributed by atoms with van der Waals surface area (Å²) in [5.74, 6) is -4.29. The standard InChI is InChI=1S/C16H16F4N2O4/c17-11-3-1-9(2-4-11)12(6-14(24)25)21-15(26)10-5-13(23)22(7-10)8-16(18,19)20/h1-4,10,12H,5-8H2,(H,21,26)(H,24,25)/t10-,12-/m0/s1. The molecule has 1 saturated heterocycles. The fourth-order valence-electron chi connectivity index (χ4n) is 2.73. The summed E-state index contributed by atoms with van der Waals surface area (Å²) in [7, 11) is 0. The minimum absolute atomic E-state index is 0.332. The molecule has 1 aromatic rings. The minimum atomic E-state index is -4.57. The molecule has 1 fully saturated rings. The van der Waals surface area contributed by atoms with Gasteiger partial charge in [-0.2, -0.15) is 13.2 Å². The first-order valence-corrected chi connectivity index (χ1v) is 7.67. The molecule has 0 bridgehead atoms. The molecule has 0 aliphatic carbocycles. The second-order valence-corrected chi connectivity index (χ2v) is 6.00. The van der Waals surface area contributed by atoms with E-state index < -0.39 is 61.2 Å². The molecule has 142 valence electrons. The van der Waals surface area contributed by atoms with Gasteiger partial charge in [-0.15, -0.1) is 0 Å². The van der Waals surface area contributed by atoms with E-state index in [9.17, 15) is 31.9 Å². The molecule has 1 aliphatic heterocycles. The van der Waals surface area contributed by atoms with E-state index in [2.05, 4.69) is 5.32 Å². The number of carboxylic acids is 1. The fourth-order valence-corrected chi connectivity index (χ4v) is 2.73. The third-order valence-electron chi connectivity index (χ3n) is 3.92. The number of hydrogen-bond acceptors (Lipinski definition) is 3. The lowest BCUT2D eigenvalue weighted by atomic mass is 10.0. The van der Waals surface area contributed by atoms with Gasteiger partial charge in [0.1, 0.15) is 12.4 Å². The van der Waals surface area contributed by atoms with Crippen LogP contribution in [0.1, 0.15) is 24.4 Å². The number of amides is 2. The fraction of sp³-hybridized carbons (Fsp3) is 0.438. The van der Waals surface area contributed by atoms with Gasteiger partial charge in [-0.05, 0) is 17.7 Å². The van der Waals surface area contributed by atoms with E-state index in [0.717, 1.165) is 12.1 Å². The number of carboxylic acid groups (broad SMARTS) is 1. The molecule has 0 unspecified atom stereocenters. The second-order valence-electron chi connectivity index (χ2n) is 6.00. The van der Waals surface area contributed by atoms with Crippen molar-refractivity contribution in [2.45, 2.75) is 25.1 Å². The number of hydrogen-bond donors (Lipinski definition) is 2. The molecule has 10 heteroatoms. The number of nitrogens with zero attached hydrogens (tertiary/aromatic N) is 1. The summed E-state index contributed by atoms with van der Waals surface area (Å²) in [6.07, 6.45) is -5.45. The van der Waals surface area contributed by atoms with Crippen LogP contribution in [0.4, 0.5) is 17.6 Å². The number of likely N-dealkylation sites (tertiary alicyclic amines) is 1. The van der Waals surface area contributed by atoms with Gasteiger partial charge in [-0.3, -0.25) is 14.4 Å². The highest BCUT2D eigenvalue weighted by molar-refractivity contribution is 5.89. The van der Waals surface area contributed by atoms with Gasteiger partial charge in [0.05, 0.1) is 18.4 Å². The largest absolute Gasteiger partial charge is 0.481 e. The third kappa shape index (κ3) is 5.43. The van der Waals surface area contributed by atoms with Crippen LogP contribution in [0.3, 0.4) is 0 Å². The Morgan fingerprint density at radius 1 is 1.27 bits per heavy atom. The number of aliphatic carboxylic acids is 1. The van der Waals surface area contributed by atoms with E-state index in [1.165, 1.54) is 12.1 Å². The van der Waals surface area contributed by atoms with Crippen LogP contribution in [0.25, 0.3) is 0 Å². The molecule has 1 heterocycles. The first-order chi connectivity index (χ1) is 12.0. The first-order valence-electron chi connectivity index (χ1n) is 7.67. The predicted molar refractivity (Wildman–Crippen MR) is 80.3 cm³/mol. The molecular formula is C16H16F4N2O4. The number of carbonyl (C=O) groups is 3. The molecule has 2 N–H and O–H groups in total. The monoisotopic (exact) mass is 376 g/mol. The topological polar surface area (TPSA) is 86.7 Å². The molecule has 0 saturated carbocycles. The Labute approximate surface area is 145 Å². The Morgan fingerprint density at radius 3 is 2.42 bits per heavy atom. The molecule has 0 radical (unpaired) electrons. The van der Waals surface area contributed by atoms with Crippen molar-refractivity contribution >= 4 is 17.8 Å². The number of carbonyl (C=O) groups excluding carboxylic acids is 2. The van der Waals surface area contributed by atoms with Crippen LogP contribution in [0.15, 0.2) is 24.3 Å². The molecule has 2 atom stereocenters. The molecule has 0 spiro atoms. The third-order valence-corrected chi connectivity index (χ3v) is 3.92. The number of alkyl halides is 3. The molecule has 1 aliphatic rings. The average molecular weight is 376 g/mol. The quantitative estimate of drug-likeness (QED) is 0.742. The van der Waals surface area contributed by atoms with Crippen LogP contribution < -0.4 is 5.32 Å². The molecule has 0 aromatic heterocycles. The van der Waals surface area contributed by atoms with Crippen LogP contribution in [0, 0.1) is 11.7 Å². The van der Waals surface area contributed by atoms with Crippen LogP contribution in [-0.2, 0) is 14.4 Å². The van der Waals surface area contributed by atoms with E-state index in [1.54, 1.807) is 0 Å². The molecule has 2 amide bonds. The lowest BCUT2D eigenvalue weighted by molar-refractivity contribution is -0.157. The molecule has 2 rings (SSSR count). The van der Waals surface area contributed by atoms with Gasteiger partial charge in [-0.1, -0.05) is 12.1 Å². The Kier molecular flexibility index (Phi) is 5.83. The van der Waals surface area contributed by atoms with E-state index in [4.69, 9.17) is 5.11 Å². The molecule has 26 heavy (non-hydrogen) atoms. The predicted octanol–water partition coefficient (Wildman–Crippen LogP) is 1.87. The molecule has 6 nitrogen and oxygen atoms in total. The average Bonchev–Trinajstić information content (AvgIpc) is 2.86. The zero-order valence-electron chi connectivity index (χ0n) is 13.4. The molecule has 1 aromatic carbocycles. The van der Waals surface area contributed by atoms with E-state index in [0.29, 0.717) is 10.5 Å². The number of halogens is 4. The minimum Gasteiger partial charge on any atom is -0.481 e. The lowest BCUT2D eigenvalue weighted by Gasteiger charge is -2.21. The normalized spacial score (nSPS) is 18.7. The van der Waals surface area contributed by atoms with Gasteiger partial charge < -0.3 is 15.3 Å². The summed E-state index contributed by atoms with van der Waals surface area (Å²) in [4.78, 5) is 35.5. The lowest BCUT2D eigenvalue weighted by Crippen LogP contribution is -2.38. The van der Waals surface area contributed by atoms with Crippen LogP contribution >= 0.6 is 0 Å². The Balaban J connectivity index is 2.06. The second kappa shape index (κ2) is 7.71. The summed E-state index contributed by atoms with van der Waals surface area (Å²) >= 11 is 0. The van der Waals surface area contributed by atoms with E-state index >= 15 is 0 Å². The smallest absolute Gasteiger partial charge is 0.406 e. The zero-order chi connectivity index (χ0) is 19.5. The maximum absolute atomic E-state index is 13.0. The van der Waals surface area contributed by atoms with Crippen molar-refractivity contribution in [2.24, 2.45) is 5.92 Å². The van der Waals surface area contributed by atoms with Crippen LogP contribution in [-0.4, -0.2) is 47.1 Å². The summed E-state index contributed by atoms with van der Waals surface area (Å²) in [6.45, 7) is -1.83. The summed E-state index contributed by atoms with van der Waals surface area (Å²) < 4.78 is 50.3. The SMILES string of the molecule is O=C(O)C[C@H](NC(=O)[C@H]1CC(=O)N(CC(F)(F)F)C1)c1ccc(F)cc1.